The maximum Gasteiger partial charge on any atom is 0.187 e. The van der Waals surface area contributed by atoms with Crippen molar-refractivity contribution in [3.8, 4) is 0 Å². The van der Waals surface area contributed by atoms with E-state index in [9.17, 15) is 40.9 Å². The van der Waals surface area contributed by atoms with Gasteiger partial charge in [0.2, 0.25) is 0 Å². The fourth-order valence-corrected chi connectivity index (χ4v) is 4.50. The molecular formula is C24H46O12. The Labute approximate surface area is 212 Å². The molecule has 0 bridgehead atoms. The molecule has 2 rings (SSSR count). The molecule has 36 heavy (non-hydrogen) atoms. The molecule has 2 aliphatic heterocycles. The summed E-state index contributed by atoms with van der Waals surface area (Å²) < 4.78 is 21.9. The van der Waals surface area contributed by atoms with Gasteiger partial charge in [0, 0.05) is 6.61 Å². The lowest BCUT2D eigenvalue weighted by Crippen LogP contribution is -2.64. The molecule has 0 aliphatic carbocycles. The van der Waals surface area contributed by atoms with Crippen LogP contribution in [0.1, 0.15) is 64.7 Å². The van der Waals surface area contributed by atoms with Gasteiger partial charge >= 0.3 is 0 Å². The van der Waals surface area contributed by atoms with Crippen molar-refractivity contribution in [1.82, 2.24) is 0 Å². The minimum atomic E-state index is -1.72. The standard InChI is InChI=1S/C24H46O12/c1-2-3-4-5-6-9-14(27)10-7-8-11-33-23-21(32)19(30)22(16(13-26)35-23)36-24-20(31)18(29)17(28)15(12-25)34-24/h14-32H,2-13H2,1H3/t14-,15+,16+,17+,18-,19+,20+,21+,22+,23+,24+/m0/s1. The summed E-state index contributed by atoms with van der Waals surface area (Å²) in [6, 6.07) is 0. The molecule has 2 aliphatic rings. The maximum atomic E-state index is 10.6. The van der Waals surface area contributed by atoms with Crippen LogP contribution in [0.15, 0.2) is 0 Å². The van der Waals surface area contributed by atoms with Gasteiger partial charge in [0.15, 0.2) is 12.6 Å². The minimum absolute atomic E-state index is 0.202. The van der Waals surface area contributed by atoms with E-state index in [1.54, 1.807) is 0 Å². The average molecular weight is 527 g/mol. The van der Waals surface area contributed by atoms with E-state index in [1.165, 1.54) is 19.3 Å². The molecule has 2 heterocycles. The summed E-state index contributed by atoms with van der Waals surface area (Å²) in [5, 5.41) is 80.2. The molecular weight excluding hydrogens is 480 g/mol. The highest BCUT2D eigenvalue weighted by molar-refractivity contribution is 4.94. The highest BCUT2D eigenvalue weighted by Gasteiger charge is 2.50. The van der Waals surface area contributed by atoms with Gasteiger partial charge in [-0.2, -0.15) is 0 Å². The van der Waals surface area contributed by atoms with E-state index >= 15 is 0 Å². The predicted molar refractivity (Wildman–Crippen MR) is 126 cm³/mol. The summed E-state index contributed by atoms with van der Waals surface area (Å²) in [5.74, 6) is 0. The van der Waals surface area contributed by atoms with Gasteiger partial charge in [-0.05, 0) is 25.7 Å². The van der Waals surface area contributed by atoms with Crippen LogP contribution in [0.25, 0.3) is 0 Å². The smallest absolute Gasteiger partial charge is 0.187 e. The zero-order valence-electron chi connectivity index (χ0n) is 21.0. The molecule has 0 aromatic rings. The van der Waals surface area contributed by atoms with Gasteiger partial charge in [0.1, 0.15) is 48.8 Å². The molecule has 0 aromatic carbocycles. The number of hydrogen-bond donors (Lipinski definition) is 8. The second-order valence-electron chi connectivity index (χ2n) is 9.73. The minimum Gasteiger partial charge on any atom is -0.394 e. The first kappa shape index (κ1) is 31.7. The fraction of sp³-hybridized carbons (Fsp3) is 1.00. The normalized spacial score (nSPS) is 38.2. The van der Waals surface area contributed by atoms with Crippen LogP contribution in [0.3, 0.4) is 0 Å². The van der Waals surface area contributed by atoms with Crippen molar-refractivity contribution in [2.75, 3.05) is 19.8 Å². The molecule has 2 fully saturated rings. The van der Waals surface area contributed by atoms with Gasteiger partial charge in [-0.15, -0.1) is 0 Å². The molecule has 0 amide bonds. The fourth-order valence-electron chi connectivity index (χ4n) is 4.50. The van der Waals surface area contributed by atoms with E-state index in [-0.39, 0.29) is 12.7 Å². The van der Waals surface area contributed by atoms with Crippen molar-refractivity contribution in [3.63, 3.8) is 0 Å². The van der Waals surface area contributed by atoms with Gasteiger partial charge in [-0.3, -0.25) is 0 Å². The Bertz CT molecular complexity index is 579. The third kappa shape index (κ3) is 9.07. The summed E-state index contributed by atoms with van der Waals surface area (Å²) in [6.07, 6.45) is -6.57. The van der Waals surface area contributed by atoms with Crippen LogP contribution in [0.5, 0.6) is 0 Å². The molecule has 12 nitrogen and oxygen atoms in total. The van der Waals surface area contributed by atoms with Crippen LogP contribution < -0.4 is 0 Å². The Morgan fingerprint density at radius 2 is 1.25 bits per heavy atom. The summed E-state index contributed by atoms with van der Waals surface area (Å²) in [7, 11) is 0. The summed E-state index contributed by atoms with van der Waals surface area (Å²) >= 11 is 0. The average Bonchev–Trinajstić information content (AvgIpc) is 2.87. The summed E-state index contributed by atoms with van der Waals surface area (Å²) in [6.45, 7) is 1.09. The second kappa shape index (κ2) is 16.5. The van der Waals surface area contributed by atoms with Crippen LogP contribution in [-0.4, -0.2) is 128 Å². The van der Waals surface area contributed by atoms with Crippen LogP contribution >= 0.6 is 0 Å². The molecule has 8 N–H and O–H groups in total. The topological polar surface area (TPSA) is 199 Å². The third-order valence-electron chi connectivity index (χ3n) is 6.82. The molecule has 0 radical (unpaired) electrons. The summed E-state index contributed by atoms with van der Waals surface area (Å²) in [5.41, 5.74) is 0. The number of rotatable bonds is 16. The van der Waals surface area contributed by atoms with E-state index < -0.39 is 74.6 Å². The Balaban J connectivity index is 1.77. The van der Waals surface area contributed by atoms with Gasteiger partial charge < -0.3 is 59.8 Å². The number of aliphatic hydroxyl groups excluding tert-OH is 8. The van der Waals surface area contributed by atoms with E-state index in [0.29, 0.717) is 19.3 Å². The maximum absolute atomic E-state index is 10.6. The zero-order chi connectivity index (χ0) is 26.7. The van der Waals surface area contributed by atoms with Crippen molar-refractivity contribution < 1.29 is 59.8 Å². The second-order valence-corrected chi connectivity index (χ2v) is 9.73. The highest BCUT2D eigenvalue weighted by atomic mass is 16.7. The molecule has 11 atom stereocenters. The van der Waals surface area contributed by atoms with Gasteiger partial charge in [0.05, 0.1) is 19.3 Å². The van der Waals surface area contributed by atoms with Crippen LogP contribution in [0, 0.1) is 0 Å². The first-order valence-electron chi connectivity index (χ1n) is 13.1. The monoisotopic (exact) mass is 526 g/mol. The molecule has 0 unspecified atom stereocenters. The van der Waals surface area contributed by atoms with Crippen molar-refractivity contribution in [2.24, 2.45) is 0 Å². The van der Waals surface area contributed by atoms with E-state index in [4.69, 9.17) is 18.9 Å². The molecule has 12 heteroatoms. The van der Waals surface area contributed by atoms with E-state index in [0.717, 1.165) is 19.3 Å². The summed E-state index contributed by atoms with van der Waals surface area (Å²) in [4.78, 5) is 0. The van der Waals surface area contributed by atoms with E-state index in [2.05, 4.69) is 6.92 Å². The third-order valence-corrected chi connectivity index (χ3v) is 6.82. The van der Waals surface area contributed by atoms with Crippen molar-refractivity contribution in [3.05, 3.63) is 0 Å². The SMILES string of the molecule is CCCCCCC[C@H](O)CCCCO[C@@H]1O[C@H](CO)[C@@H](O[C@H]2O[C@H](CO)[C@@H](O)[C@H](O)[C@H]2O)[C@H](O)[C@H]1O. The first-order chi connectivity index (χ1) is 17.2. The quantitative estimate of drug-likeness (QED) is 0.109. The Morgan fingerprint density at radius 3 is 1.89 bits per heavy atom. The van der Waals surface area contributed by atoms with Crippen LogP contribution in [0.4, 0.5) is 0 Å². The number of unbranched alkanes of at least 4 members (excludes halogenated alkanes) is 5. The van der Waals surface area contributed by atoms with Gasteiger partial charge in [-0.1, -0.05) is 39.0 Å². The number of hydrogen-bond acceptors (Lipinski definition) is 12. The van der Waals surface area contributed by atoms with Crippen LogP contribution in [-0.2, 0) is 18.9 Å². The first-order valence-corrected chi connectivity index (χ1v) is 13.1. The Hall–Kier alpha value is -0.480. The molecule has 214 valence electrons. The van der Waals surface area contributed by atoms with Gasteiger partial charge in [0.25, 0.3) is 0 Å². The van der Waals surface area contributed by atoms with Crippen molar-refractivity contribution in [1.29, 1.82) is 0 Å². The Kier molecular flexibility index (Phi) is 14.5. The zero-order valence-corrected chi connectivity index (χ0v) is 21.0. The van der Waals surface area contributed by atoms with Gasteiger partial charge in [-0.25, -0.2) is 0 Å². The lowest BCUT2D eigenvalue weighted by molar-refractivity contribution is -0.359. The largest absolute Gasteiger partial charge is 0.394 e. The lowest BCUT2D eigenvalue weighted by Gasteiger charge is -2.45. The lowest BCUT2D eigenvalue weighted by atomic mass is 9.97. The molecule has 0 aromatic heterocycles. The van der Waals surface area contributed by atoms with Crippen molar-refractivity contribution in [2.45, 2.75) is 132 Å². The predicted octanol–water partition coefficient (Wildman–Crippen LogP) is -1.48. The van der Waals surface area contributed by atoms with Crippen molar-refractivity contribution >= 4 is 0 Å². The molecule has 0 spiro atoms. The Morgan fingerprint density at radius 1 is 0.667 bits per heavy atom. The molecule has 0 saturated carbocycles. The number of aliphatic hydroxyl groups is 8. The highest BCUT2D eigenvalue weighted by Crippen LogP contribution is 2.29. The van der Waals surface area contributed by atoms with E-state index in [1.807, 2.05) is 0 Å². The van der Waals surface area contributed by atoms with Crippen LogP contribution in [0.2, 0.25) is 0 Å². The molecule has 2 saturated heterocycles. The number of ether oxygens (including phenoxy) is 4.